The van der Waals surface area contributed by atoms with Gasteiger partial charge >= 0.3 is 0 Å². The summed E-state index contributed by atoms with van der Waals surface area (Å²) in [6.45, 7) is 1.45. The maximum atomic E-state index is 5.92. The number of hydrogen-bond acceptors (Lipinski definition) is 4. The van der Waals surface area contributed by atoms with E-state index in [2.05, 4.69) is 5.16 Å². The number of fused-ring (bicyclic) bond motifs is 1. The quantitative estimate of drug-likeness (QED) is 0.786. The van der Waals surface area contributed by atoms with Crippen molar-refractivity contribution in [2.75, 3.05) is 6.61 Å². The van der Waals surface area contributed by atoms with Gasteiger partial charge in [0.25, 0.3) is 0 Å². The molecular formula is C12H18N2O2. The standard InChI is InChI=1S/C12H18N2O2/c13-9-3-1-8(2-4-9)12-10-7-15-6-5-11(10)14-16-12/h8-9H,1-7,13H2. The van der Waals surface area contributed by atoms with Gasteiger partial charge in [0.15, 0.2) is 0 Å². The monoisotopic (exact) mass is 222 g/mol. The van der Waals surface area contributed by atoms with Crippen LogP contribution in [0.15, 0.2) is 4.52 Å². The molecule has 0 saturated heterocycles. The lowest BCUT2D eigenvalue weighted by Crippen LogP contribution is -2.26. The summed E-state index contributed by atoms with van der Waals surface area (Å²) >= 11 is 0. The second-order valence-electron chi connectivity index (χ2n) is 4.89. The van der Waals surface area contributed by atoms with Crippen molar-refractivity contribution >= 4 is 0 Å². The van der Waals surface area contributed by atoms with Crippen molar-refractivity contribution in [1.82, 2.24) is 5.16 Å². The highest BCUT2D eigenvalue weighted by atomic mass is 16.5. The van der Waals surface area contributed by atoms with Crippen molar-refractivity contribution in [1.29, 1.82) is 0 Å². The summed E-state index contributed by atoms with van der Waals surface area (Å²) in [6, 6.07) is 0.381. The molecule has 16 heavy (non-hydrogen) atoms. The fraction of sp³-hybridized carbons (Fsp3) is 0.750. The normalized spacial score (nSPS) is 30.1. The molecule has 2 heterocycles. The maximum Gasteiger partial charge on any atom is 0.145 e. The molecule has 0 aromatic carbocycles. The number of rotatable bonds is 1. The molecule has 0 atom stereocenters. The second-order valence-corrected chi connectivity index (χ2v) is 4.89. The van der Waals surface area contributed by atoms with Crippen LogP contribution in [0.25, 0.3) is 0 Å². The van der Waals surface area contributed by atoms with Gasteiger partial charge in [-0.2, -0.15) is 0 Å². The van der Waals surface area contributed by atoms with Crippen LogP contribution in [0.1, 0.15) is 48.6 Å². The third kappa shape index (κ3) is 1.76. The largest absolute Gasteiger partial charge is 0.376 e. The van der Waals surface area contributed by atoms with E-state index >= 15 is 0 Å². The summed E-state index contributed by atoms with van der Waals surface area (Å²) in [7, 11) is 0. The van der Waals surface area contributed by atoms with Gasteiger partial charge in [0.05, 0.1) is 18.9 Å². The lowest BCUT2D eigenvalue weighted by Gasteiger charge is -2.25. The van der Waals surface area contributed by atoms with Gasteiger partial charge in [-0.15, -0.1) is 0 Å². The highest BCUT2D eigenvalue weighted by Crippen LogP contribution is 2.36. The first-order chi connectivity index (χ1) is 7.84. The molecule has 2 N–H and O–H groups in total. The van der Waals surface area contributed by atoms with Crippen molar-refractivity contribution in [3.63, 3.8) is 0 Å². The summed E-state index contributed by atoms with van der Waals surface area (Å²) in [4.78, 5) is 0. The van der Waals surface area contributed by atoms with Gasteiger partial charge < -0.3 is 15.0 Å². The van der Waals surface area contributed by atoms with E-state index < -0.39 is 0 Å². The molecule has 0 bridgehead atoms. The third-order valence-electron chi connectivity index (χ3n) is 3.77. The van der Waals surface area contributed by atoms with Gasteiger partial charge in [-0.1, -0.05) is 5.16 Å². The zero-order valence-electron chi connectivity index (χ0n) is 9.45. The van der Waals surface area contributed by atoms with Crippen LogP contribution in [0.5, 0.6) is 0 Å². The molecule has 1 aliphatic carbocycles. The average molecular weight is 222 g/mol. The Kier molecular flexibility index (Phi) is 2.69. The molecule has 2 aliphatic rings. The molecule has 1 fully saturated rings. The molecular weight excluding hydrogens is 204 g/mol. The zero-order chi connectivity index (χ0) is 11.0. The zero-order valence-corrected chi connectivity index (χ0v) is 9.45. The first-order valence-corrected chi connectivity index (χ1v) is 6.15. The van der Waals surface area contributed by atoms with Gasteiger partial charge in [0.2, 0.25) is 0 Å². The van der Waals surface area contributed by atoms with Crippen LogP contribution in [0.3, 0.4) is 0 Å². The fourth-order valence-corrected chi connectivity index (χ4v) is 2.75. The number of aromatic nitrogens is 1. The van der Waals surface area contributed by atoms with Gasteiger partial charge in [-0.05, 0) is 25.7 Å². The Morgan fingerprint density at radius 3 is 2.81 bits per heavy atom. The van der Waals surface area contributed by atoms with E-state index in [-0.39, 0.29) is 0 Å². The van der Waals surface area contributed by atoms with E-state index in [1.165, 1.54) is 5.56 Å². The minimum Gasteiger partial charge on any atom is -0.376 e. The molecule has 1 aromatic rings. The van der Waals surface area contributed by atoms with Crippen LogP contribution >= 0.6 is 0 Å². The Labute approximate surface area is 95.1 Å². The highest BCUT2D eigenvalue weighted by Gasteiger charge is 2.28. The molecule has 1 aromatic heterocycles. The van der Waals surface area contributed by atoms with Gasteiger partial charge in [0.1, 0.15) is 5.76 Å². The Morgan fingerprint density at radius 2 is 2.00 bits per heavy atom. The van der Waals surface area contributed by atoms with Crippen molar-refractivity contribution < 1.29 is 9.26 Å². The first kappa shape index (κ1) is 10.3. The fourth-order valence-electron chi connectivity index (χ4n) is 2.75. The van der Waals surface area contributed by atoms with Crippen LogP contribution in [-0.4, -0.2) is 17.8 Å². The number of hydrogen-bond donors (Lipinski definition) is 1. The first-order valence-electron chi connectivity index (χ1n) is 6.15. The summed E-state index contributed by atoms with van der Waals surface area (Å²) in [5, 5.41) is 4.16. The molecule has 3 rings (SSSR count). The van der Waals surface area contributed by atoms with Crippen molar-refractivity contribution in [3.05, 3.63) is 17.0 Å². The van der Waals surface area contributed by atoms with Crippen LogP contribution < -0.4 is 5.73 Å². The summed E-state index contributed by atoms with van der Waals surface area (Å²) < 4.78 is 11.0. The van der Waals surface area contributed by atoms with Gasteiger partial charge in [-0.25, -0.2) is 0 Å². The van der Waals surface area contributed by atoms with Crippen molar-refractivity contribution in [3.8, 4) is 0 Å². The number of nitrogens with zero attached hydrogens (tertiary/aromatic N) is 1. The van der Waals surface area contributed by atoms with E-state index in [0.29, 0.717) is 18.6 Å². The molecule has 4 heteroatoms. The van der Waals surface area contributed by atoms with E-state index in [9.17, 15) is 0 Å². The van der Waals surface area contributed by atoms with Crippen LogP contribution in [0.2, 0.25) is 0 Å². The maximum absolute atomic E-state index is 5.92. The van der Waals surface area contributed by atoms with Gasteiger partial charge in [0, 0.05) is 23.9 Å². The molecule has 0 amide bonds. The topological polar surface area (TPSA) is 61.3 Å². The van der Waals surface area contributed by atoms with Crippen molar-refractivity contribution in [2.24, 2.45) is 5.73 Å². The Balaban J connectivity index is 1.81. The average Bonchev–Trinajstić information content (AvgIpc) is 2.74. The van der Waals surface area contributed by atoms with Gasteiger partial charge in [-0.3, -0.25) is 0 Å². The smallest absolute Gasteiger partial charge is 0.145 e. The minimum absolute atomic E-state index is 0.381. The summed E-state index contributed by atoms with van der Waals surface area (Å²) in [5.41, 5.74) is 8.24. The predicted molar refractivity (Wildman–Crippen MR) is 59.0 cm³/mol. The SMILES string of the molecule is NC1CCC(c2onc3c2COCC3)CC1. The minimum atomic E-state index is 0.381. The van der Waals surface area contributed by atoms with E-state index in [0.717, 1.165) is 50.2 Å². The number of nitrogens with two attached hydrogens (primary N) is 1. The molecule has 88 valence electrons. The molecule has 0 spiro atoms. The molecule has 1 saturated carbocycles. The Hall–Kier alpha value is -0.870. The predicted octanol–water partition coefficient (Wildman–Crippen LogP) is 1.73. The summed E-state index contributed by atoms with van der Waals surface area (Å²) in [6.07, 6.45) is 5.35. The number of ether oxygens (including phenoxy) is 1. The molecule has 0 unspecified atom stereocenters. The Bertz CT molecular complexity index is 367. The van der Waals surface area contributed by atoms with E-state index in [1.54, 1.807) is 0 Å². The van der Waals surface area contributed by atoms with Crippen LogP contribution in [0.4, 0.5) is 0 Å². The third-order valence-corrected chi connectivity index (χ3v) is 3.77. The lowest BCUT2D eigenvalue weighted by molar-refractivity contribution is 0.109. The second kappa shape index (κ2) is 4.18. The highest BCUT2D eigenvalue weighted by molar-refractivity contribution is 5.27. The molecule has 1 aliphatic heterocycles. The Morgan fingerprint density at radius 1 is 1.19 bits per heavy atom. The molecule has 4 nitrogen and oxygen atoms in total. The summed E-state index contributed by atoms with van der Waals surface area (Å²) in [5.74, 6) is 1.58. The van der Waals surface area contributed by atoms with Crippen LogP contribution in [0, 0.1) is 0 Å². The van der Waals surface area contributed by atoms with Crippen LogP contribution in [-0.2, 0) is 17.8 Å². The lowest BCUT2D eigenvalue weighted by atomic mass is 9.83. The molecule has 0 radical (unpaired) electrons. The van der Waals surface area contributed by atoms with Crippen molar-refractivity contribution in [2.45, 2.75) is 50.7 Å². The van der Waals surface area contributed by atoms with E-state index in [1.807, 2.05) is 0 Å². The van der Waals surface area contributed by atoms with E-state index in [4.69, 9.17) is 15.0 Å².